The standard InChI is InChI=1S/C46H30F4N2O3/c47-40-16-14-28(22-42(40)49)20-36-26-32-8-3-12-38(44(32)54-36)30-6-1-10-34(24-30)46(53)52(19-5-18-51)35-11-2-7-31(25-35)39-13-4-9-33-27-37(55-45(33)39)21-29-15-17-41(48)43(50)23-29/h1-4,6-17,22-27H,5,19-21H2. The summed E-state index contributed by atoms with van der Waals surface area (Å²) in [6.45, 7) is 0.146. The van der Waals surface area contributed by atoms with Crippen molar-refractivity contribution in [2.45, 2.75) is 19.3 Å². The summed E-state index contributed by atoms with van der Waals surface area (Å²) >= 11 is 0. The first-order chi connectivity index (χ1) is 26.7. The van der Waals surface area contributed by atoms with Gasteiger partial charge in [-0.3, -0.25) is 4.79 Å². The molecule has 6 aromatic carbocycles. The van der Waals surface area contributed by atoms with Crippen molar-refractivity contribution in [2.24, 2.45) is 0 Å². The molecule has 8 aromatic rings. The van der Waals surface area contributed by atoms with Gasteiger partial charge in [-0.15, -0.1) is 0 Å². The van der Waals surface area contributed by atoms with Gasteiger partial charge in [-0.05, 0) is 82.9 Å². The third-order valence-corrected chi connectivity index (χ3v) is 9.50. The van der Waals surface area contributed by atoms with Crippen LogP contribution in [0.15, 0.2) is 142 Å². The lowest BCUT2D eigenvalue weighted by molar-refractivity contribution is 0.0987. The number of halogens is 4. The second kappa shape index (κ2) is 14.8. The van der Waals surface area contributed by atoms with Crippen LogP contribution in [0.3, 0.4) is 0 Å². The van der Waals surface area contributed by atoms with Gasteiger partial charge >= 0.3 is 0 Å². The van der Waals surface area contributed by atoms with Gasteiger partial charge in [0.1, 0.15) is 22.7 Å². The third-order valence-electron chi connectivity index (χ3n) is 9.50. The van der Waals surface area contributed by atoms with Crippen molar-refractivity contribution >= 4 is 33.5 Å². The molecule has 2 heterocycles. The van der Waals surface area contributed by atoms with Crippen molar-refractivity contribution in [3.63, 3.8) is 0 Å². The van der Waals surface area contributed by atoms with Crippen molar-refractivity contribution in [1.29, 1.82) is 5.26 Å². The van der Waals surface area contributed by atoms with Crippen molar-refractivity contribution < 1.29 is 31.2 Å². The van der Waals surface area contributed by atoms with Crippen LogP contribution in [0.2, 0.25) is 0 Å². The van der Waals surface area contributed by atoms with Crippen LogP contribution in [0, 0.1) is 34.6 Å². The fourth-order valence-electron chi connectivity index (χ4n) is 6.89. The van der Waals surface area contributed by atoms with Gasteiger partial charge in [0.25, 0.3) is 5.91 Å². The number of fused-ring (bicyclic) bond motifs is 2. The van der Waals surface area contributed by atoms with E-state index in [1.165, 1.54) is 12.1 Å². The zero-order chi connectivity index (χ0) is 38.1. The molecule has 0 fully saturated rings. The van der Waals surface area contributed by atoms with Gasteiger partial charge in [-0.1, -0.05) is 72.8 Å². The van der Waals surface area contributed by atoms with Crippen LogP contribution < -0.4 is 4.90 Å². The molecule has 0 saturated heterocycles. The molecule has 0 unspecified atom stereocenters. The molecule has 1 amide bonds. The second-order valence-electron chi connectivity index (χ2n) is 13.2. The van der Waals surface area contributed by atoms with Gasteiger partial charge in [0.2, 0.25) is 0 Å². The Morgan fingerprint density at radius 2 is 1.11 bits per heavy atom. The highest BCUT2D eigenvalue weighted by Gasteiger charge is 2.21. The van der Waals surface area contributed by atoms with Crippen molar-refractivity contribution in [3.05, 3.63) is 185 Å². The van der Waals surface area contributed by atoms with Crippen LogP contribution in [-0.2, 0) is 12.8 Å². The molecule has 55 heavy (non-hydrogen) atoms. The number of anilines is 1. The van der Waals surface area contributed by atoms with E-state index in [-0.39, 0.29) is 31.7 Å². The molecule has 0 radical (unpaired) electrons. The van der Waals surface area contributed by atoms with Crippen LogP contribution in [0.25, 0.3) is 44.2 Å². The number of para-hydroxylation sites is 2. The average Bonchev–Trinajstić information content (AvgIpc) is 3.81. The normalized spacial score (nSPS) is 11.3. The predicted octanol–water partition coefficient (Wildman–Crippen LogP) is 11.8. The summed E-state index contributed by atoms with van der Waals surface area (Å²) in [4.78, 5) is 15.9. The number of rotatable bonds is 10. The molecule has 0 saturated carbocycles. The summed E-state index contributed by atoms with van der Waals surface area (Å²) in [5, 5.41) is 11.2. The van der Waals surface area contributed by atoms with Crippen LogP contribution in [0.5, 0.6) is 0 Å². The Hall–Kier alpha value is -6.92. The van der Waals surface area contributed by atoms with E-state index in [4.69, 9.17) is 8.83 Å². The maximum absolute atomic E-state index is 14.3. The number of nitrogens with zero attached hydrogens (tertiary/aromatic N) is 2. The van der Waals surface area contributed by atoms with Crippen LogP contribution >= 0.6 is 0 Å². The van der Waals surface area contributed by atoms with E-state index < -0.39 is 23.3 Å². The molecule has 5 nitrogen and oxygen atoms in total. The van der Waals surface area contributed by atoms with Gasteiger partial charge < -0.3 is 13.7 Å². The first-order valence-corrected chi connectivity index (χ1v) is 17.5. The largest absolute Gasteiger partial charge is 0.460 e. The molecular weight excluding hydrogens is 705 g/mol. The van der Waals surface area contributed by atoms with E-state index in [9.17, 15) is 27.6 Å². The number of hydrogen-bond acceptors (Lipinski definition) is 4. The van der Waals surface area contributed by atoms with E-state index in [1.54, 1.807) is 23.1 Å². The van der Waals surface area contributed by atoms with Crippen molar-refractivity contribution in [3.8, 4) is 28.3 Å². The Morgan fingerprint density at radius 1 is 0.582 bits per heavy atom. The minimum Gasteiger partial charge on any atom is -0.460 e. The summed E-state index contributed by atoms with van der Waals surface area (Å²) in [5.74, 6) is -2.80. The van der Waals surface area contributed by atoms with Gasteiger partial charge in [0, 0.05) is 52.5 Å². The molecule has 0 atom stereocenters. The highest BCUT2D eigenvalue weighted by Crippen LogP contribution is 2.36. The summed E-state index contributed by atoms with van der Waals surface area (Å²) in [7, 11) is 0. The van der Waals surface area contributed by atoms with Gasteiger partial charge in [0.15, 0.2) is 23.3 Å². The first kappa shape index (κ1) is 35.1. The summed E-state index contributed by atoms with van der Waals surface area (Å²) < 4.78 is 67.3. The van der Waals surface area contributed by atoms with E-state index in [0.29, 0.717) is 45.1 Å². The molecule has 8 rings (SSSR count). The van der Waals surface area contributed by atoms with Crippen LogP contribution in [0.1, 0.15) is 39.4 Å². The van der Waals surface area contributed by atoms with E-state index >= 15 is 0 Å². The molecule has 9 heteroatoms. The highest BCUT2D eigenvalue weighted by atomic mass is 19.2. The lowest BCUT2D eigenvalue weighted by Crippen LogP contribution is -2.31. The van der Waals surface area contributed by atoms with Crippen LogP contribution in [0.4, 0.5) is 23.2 Å². The molecule has 270 valence electrons. The molecule has 0 aliphatic rings. The Bertz CT molecular complexity index is 2780. The molecule has 0 N–H and O–H groups in total. The first-order valence-electron chi connectivity index (χ1n) is 17.5. The Kier molecular flexibility index (Phi) is 9.48. The maximum Gasteiger partial charge on any atom is 0.258 e. The third kappa shape index (κ3) is 7.22. The fraction of sp³-hybridized carbons (Fsp3) is 0.0870. The van der Waals surface area contributed by atoms with E-state index in [0.717, 1.165) is 57.3 Å². The Morgan fingerprint density at radius 3 is 1.65 bits per heavy atom. The quantitative estimate of drug-likeness (QED) is 0.131. The zero-order valence-corrected chi connectivity index (χ0v) is 29.2. The maximum atomic E-state index is 14.3. The van der Waals surface area contributed by atoms with Gasteiger partial charge in [-0.2, -0.15) is 5.26 Å². The molecule has 0 aliphatic carbocycles. The smallest absolute Gasteiger partial charge is 0.258 e. The topological polar surface area (TPSA) is 70.4 Å². The number of carbonyl (C=O) groups excluding carboxylic acids is 1. The summed E-state index contributed by atoms with van der Waals surface area (Å²) in [6.07, 6.45) is 0.639. The number of furan rings is 2. The molecule has 0 spiro atoms. The number of benzene rings is 6. The Balaban J connectivity index is 1.09. The molecule has 2 aromatic heterocycles. The number of nitriles is 1. The van der Waals surface area contributed by atoms with Crippen LogP contribution in [-0.4, -0.2) is 12.5 Å². The SMILES string of the molecule is N#CCCN(C(=O)c1cccc(-c2cccc3cc(Cc4ccc(F)c(F)c4)oc23)c1)c1cccc(-c2cccc3cc(Cc4ccc(F)c(F)c4)oc23)c1. The van der Waals surface area contributed by atoms with Crippen molar-refractivity contribution in [1.82, 2.24) is 0 Å². The van der Waals surface area contributed by atoms with E-state index in [1.807, 2.05) is 78.9 Å². The van der Waals surface area contributed by atoms with Gasteiger partial charge in [-0.25, -0.2) is 17.6 Å². The molecule has 0 aliphatic heterocycles. The van der Waals surface area contributed by atoms with E-state index in [2.05, 4.69) is 6.07 Å². The zero-order valence-electron chi connectivity index (χ0n) is 29.2. The fourth-order valence-corrected chi connectivity index (χ4v) is 6.89. The highest BCUT2D eigenvalue weighted by molar-refractivity contribution is 6.08. The number of amides is 1. The lowest BCUT2D eigenvalue weighted by atomic mass is 10.00. The predicted molar refractivity (Wildman–Crippen MR) is 204 cm³/mol. The monoisotopic (exact) mass is 734 g/mol. The minimum atomic E-state index is -0.922. The summed E-state index contributed by atoms with van der Waals surface area (Å²) in [6, 6.07) is 39.5. The summed E-state index contributed by atoms with van der Waals surface area (Å²) in [5.41, 5.74) is 6.39. The number of carbonyl (C=O) groups is 1. The van der Waals surface area contributed by atoms with Crippen molar-refractivity contribution in [2.75, 3.05) is 11.4 Å². The molecule has 0 bridgehead atoms. The average molecular weight is 735 g/mol. The molecular formula is C46H30F4N2O3. The Labute approximate surface area is 313 Å². The minimum absolute atomic E-state index is 0.100. The van der Waals surface area contributed by atoms with Gasteiger partial charge in [0.05, 0.1) is 12.5 Å². The second-order valence-corrected chi connectivity index (χ2v) is 13.2. The number of hydrogen-bond donors (Lipinski definition) is 0. The lowest BCUT2D eigenvalue weighted by Gasteiger charge is -2.23.